The first-order chi connectivity index (χ1) is 15.8. The Morgan fingerprint density at radius 1 is 0.818 bits per heavy atom. The molecule has 1 saturated heterocycles. The smallest absolute Gasteiger partial charge is 0.261 e. The third-order valence-corrected chi connectivity index (χ3v) is 12.8. The van der Waals surface area contributed by atoms with Crippen LogP contribution in [0.15, 0.2) is 89.4 Å². The van der Waals surface area contributed by atoms with Crippen molar-refractivity contribution in [2.45, 2.75) is 57.7 Å². The minimum Gasteiger partial charge on any atom is -0.404 e. The predicted octanol–water partition coefficient (Wildman–Crippen LogP) is 6.55. The molecule has 1 atom stereocenters. The molecule has 3 aromatic rings. The van der Waals surface area contributed by atoms with Crippen LogP contribution in [-0.2, 0) is 4.43 Å². The third-order valence-electron chi connectivity index (χ3n) is 7.14. The van der Waals surface area contributed by atoms with Crippen LogP contribution in [0.5, 0.6) is 0 Å². The lowest BCUT2D eigenvalue weighted by Crippen LogP contribution is -2.68. The SMILES string of the molecule is CC(c1ccc(Br)cc1)N1CCC(O[Si](c2ccccc2)(c2ccccc2)C(C)(C)C)CC1. The van der Waals surface area contributed by atoms with E-state index in [0.29, 0.717) is 6.04 Å². The standard InChI is InChI=1S/C29H36BrNOSi/c1-23(24-15-17-25(30)18-16-24)31-21-19-26(20-22-31)32-33(29(2,3)4,27-11-7-5-8-12-27)28-13-9-6-10-14-28/h5-18,23,26H,19-22H2,1-4H3. The van der Waals surface area contributed by atoms with Crippen molar-refractivity contribution in [2.75, 3.05) is 13.1 Å². The van der Waals surface area contributed by atoms with E-state index in [2.05, 4.69) is 133 Å². The van der Waals surface area contributed by atoms with Crippen molar-refractivity contribution in [3.8, 4) is 0 Å². The highest BCUT2D eigenvalue weighted by molar-refractivity contribution is 9.10. The summed E-state index contributed by atoms with van der Waals surface area (Å²) < 4.78 is 8.51. The summed E-state index contributed by atoms with van der Waals surface area (Å²) in [5.74, 6) is 0. The van der Waals surface area contributed by atoms with Crippen LogP contribution in [0, 0.1) is 0 Å². The average Bonchev–Trinajstić information content (AvgIpc) is 2.83. The van der Waals surface area contributed by atoms with Crippen LogP contribution in [0.2, 0.25) is 5.04 Å². The molecule has 1 heterocycles. The normalized spacial score (nSPS) is 17.1. The molecule has 0 bridgehead atoms. The van der Waals surface area contributed by atoms with Crippen LogP contribution < -0.4 is 10.4 Å². The highest BCUT2D eigenvalue weighted by Crippen LogP contribution is 2.39. The van der Waals surface area contributed by atoms with Gasteiger partial charge in [0.05, 0.1) is 0 Å². The minimum absolute atomic E-state index is 0.0254. The quantitative estimate of drug-likeness (QED) is 0.341. The van der Waals surface area contributed by atoms with Crippen molar-refractivity contribution >= 4 is 34.6 Å². The van der Waals surface area contributed by atoms with E-state index in [1.807, 2.05) is 0 Å². The van der Waals surface area contributed by atoms with Gasteiger partial charge in [-0.2, -0.15) is 0 Å². The van der Waals surface area contributed by atoms with E-state index in [0.717, 1.165) is 30.4 Å². The molecular formula is C29H36BrNOSi. The molecule has 1 fully saturated rings. The van der Waals surface area contributed by atoms with Crippen molar-refractivity contribution in [1.29, 1.82) is 0 Å². The summed E-state index contributed by atoms with van der Waals surface area (Å²) in [5.41, 5.74) is 1.38. The van der Waals surface area contributed by atoms with E-state index in [1.54, 1.807) is 0 Å². The number of hydrogen-bond donors (Lipinski definition) is 0. The molecule has 1 unspecified atom stereocenters. The van der Waals surface area contributed by atoms with E-state index < -0.39 is 8.32 Å². The van der Waals surface area contributed by atoms with Crippen molar-refractivity contribution < 1.29 is 4.43 Å². The molecule has 4 rings (SSSR count). The van der Waals surface area contributed by atoms with Gasteiger partial charge in [0.25, 0.3) is 8.32 Å². The lowest BCUT2D eigenvalue weighted by molar-refractivity contribution is 0.0736. The molecule has 0 radical (unpaired) electrons. The molecule has 0 saturated carbocycles. The molecule has 1 aliphatic heterocycles. The molecule has 0 amide bonds. The Morgan fingerprint density at radius 3 is 1.76 bits per heavy atom. The largest absolute Gasteiger partial charge is 0.404 e. The molecule has 0 aliphatic carbocycles. The van der Waals surface area contributed by atoms with Crippen LogP contribution in [-0.4, -0.2) is 32.4 Å². The maximum Gasteiger partial charge on any atom is 0.261 e. The number of benzene rings is 3. The molecule has 3 aromatic carbocycles. The first kappa shape index (κ1) is 24.4. The molecule has 174 valence electrons. The van der Waals surface area contributed by atoms with Gasteiger partial charge in [0.1, 0.15) is 0 Å². The maximum absolute atomic E-state index is 7.37. The monoisotopic (exact) mass is 521 g/mol. The summed E-state index contributed by atoms with van der Waals surface area (Å²) in [6.45, 7) is 11.6. The zero-order valence-corrected chi connectivity index (χ0v) is 22.9. The molecule has 0 N–H and O–H groups in total. The Kier molecular flexibility index (Phi) is 7.59. The number of halogens is 1. The van der Waals surface area contributed by atoms with E-state index >= 15 is 0 Å². The zero-order valence-electron chi connectivity index (χ0n) is 20.3. The summed E-state index contributed by atoms with van der Waals surface area (Å²) in [4.78, 5) is 2.61. The summed E-state index contributed by atoms with van der Waals surface area (Å²) in [5, 5.41) is 2.76. The van der Waals surface area contributed by atoms with Crippen LogP contribution in [0.25, 0.3) is 0 Å². The fraction of sp³-hybridized carbons (Fsp3) is 0.379. The van der Waals surface area contributed by atoms with Crippen molar-refractivity contribution in [1.82, 2.24) is 4.90 Å². The highest BCUT2D eigenvalue weighted by Gasteiger charge is 2.51. The molecule has 0 spiro atoms. The van der Waals surface area contributed by atoms with Gasteiger partial charge in [0, 0.05) is 29.7 Å². The van der Waals surface area contributed by atoms with Crippen LogP contribution in [0.4, 0.5) is 0 Å². The minimum atomic E-state index is -2.48. The van der Waals surface area contributed by atoms with Crippen molar-refractivity contribution in [2.24, 2.45) is 0 Å². The van der Waals surface area contributed by atoms with Crippen molar-refractivity contribution in [3.05, 3.63) is 95.0 Å². The Bertz CT molecular complexity index is 969. The maximum atomic E-state index is 7.37. The van der Waals surface area contributed by atoms with Gasteiger partial charge >= 0.3 is 0 Å². The first-order valence-electron chi connectivity index (χ1n) is 12.1. The zero-order chi connectivity index (χ0) is 23.5. The molecular weight excluding hydrogens is 486 g/mol. The van der Waals surface area contributed by atoms with Gasteiger partial charge in [-0.05, 0) is 52.9 Å². The average molecular weight is 523 g/mol. The number of rotatable bonds is 6. The van der Waals surface area contributed by atoms with Crippen molar-refractivity contribution in [3.63, 3.8) is 0 Å². The van der Waals surface area contributed by atoms with Gasteiger partial charge < -0.3 is 4.43 Å². The molecule has 33 heavy (non-hydrogen) atoms. The first-order valence-corrected chi connectivity index (χ1v) is 14.8. The van der Waals surface area contributed by atoms with Crippen LogP contribution in [0.3, 0.4) is 0 Å². The van der Waals surface area contributed by atoms with E-state index in [9.17, 15) is 0 Å². The summed E-state index contributed by atoms with van der Waals surface area (Å²) in [6.07, 6.45) is 2.43. The van der Waals surface area contributed by atoms with Crippen LogP contribution >= 0.6 is 15.9 Å². The highest BCUT2D eigenvalue weighted by atomic mass is 79.9. The van der Waals surface area contributed by atoms with E-state index in [4.69, 9.17) is 4.43 Å². The Hall–Kier alpha value is -1.72. The Labute approximate surface area is 209 Å². The number of piperidine rings is 1. The van der Waals surface area contributed by atoms with Gasteiger partial charge in [-0.1, -0.05) is 109 Å². The van der Waals surface area contributed by atoms with Gasteiger partial charge in [0.15, 0.2) is 0 Å². The lowest BCUT2D eigenvalue weighted by atomic mass is 10.0. The van der Waals surface area contributed by atoms with Gasteiger partial charge in [-0.15, -0.1) is 0 Å². The third kappa shape index (κ3) is 5.19. The van der Waals surface area contributed by atoms with Gasteiger partial charge in [-0.3, -0.25) is 4.90 Å². The second-order valence-electron chi connectivity index (χ2n) is 10.2. The summed E-state index contributed by atoms with van der Waals surface area (Å²) in [7, 11) is -2.48. The number of likely N-dealkylation sites (tertiary alicyclic amines) is 1. The van der Waals surface area contributed by atoms with Crippen LogP contribution in [0.1, 0.15) is 52.1 Å². The van der Waals surface area contributed by atoms with E-state index in [-0.39, 0.29) is 11.1 Å². The topological polar surface area (TPSA) is 12.5 Å². The van der Waals surface area contributed by atoms with E-state index in [1.165, 1.54) is 15.9 Å². The Morgan fingerprint density at radius 2 is 1.30 bits per heavy atom. The molecule has 2 nitrogen and oxygen atoms in total. The van der Waals surface area contributed by atoms with Gasteiger partial charge in [-0.25, -0.2) is 0 Å². The Balaban J connectivity index is 1.57. The fourth-order valence-corrected chi connectivity index (χ4v) is 10.3. The predicted molar refractivity (Wildman–Crippen MR) is 146 cm³/mol. The number of nitrogens with zero attached hydrogens (tertiary/aromatic N) is 1. The molecule has 0 aromatic heterocycles. The second-order valence-corrected chi connectivity index (χ2v) is 15.4. The second kappa shape index (κ2) is 10.3. The number of hydrogen-bond acceptors (Lipinski definition) is 2. The van der Waals surface area contributed by atoms with Gasteiger partial charge in [0.2, 0.25) is 0 Å². The summed E-state index contributed by atoms with van der Waals surface area (Å²) in [6, 6.07) is 31.2. The fourth-order valence-electron chi connectivity index (χ4n) is 5.27. The molecule has 1 aliphatic rings. The summed E-state index contributed by atoms with van der Waals surface area (Å²) >= 11 is 3.55. The molecule has 4 heteroatoms. The lowest BCUT2D eigenvalue weighted by Gasteiger charge is -2.47.